The summed E-state index contributed by atoms with van der Waals surface area (Å²) in [6, 6.07) is 11.7. The van der Waals surface area contributed by atoms with Crippen molar-refractivity contribution < 1.29 is 33.7 Å². The van der Waals surface area contributed by atoms with Crippen molar-refractivity contribution in [1.82, 2.24) is 14.7 Å². The second-order valence-corrected chi connectivity index (χ2v) is 12.4. The number of rotatable bonds is 5. The van der Waals surface area contributed by atoms with Crippen LogP contribution in [0.1, 0.15) is 47.9 Å². The van der Waals surface area contributed by atoms with Gasteiger partial charge < -0.3 is 29.1 Å². The lowest BCUT2D eigenvalue weighted by atomic mass is 9.82. The van der Waals surface area contributed by atoms with Crippen LogP contribution < -0.4 is 5.32 Å². The first kappa shape index (κ1) is 30.2. The van der Waals surface area contributed by atoms with Crippen LogP contribution >= 0.6 is 0 Å². The maximum absolute atomic E-state index is 13.9. The second-order valence-electron chi connectivity index (χ2n) is 12.4. The van der Waals surface area contributed by atoms with E-state index in [1.54, 1.807) is 4.90 Å². The third-order valence-electron chi connectivity index (χ3n) is 9.60. The van der Waals surface area contributed by atoms with Crippen molar-refractivity contribution in [1.29, 1.82) is 0 Å². The van der Waals surface area contributed by atoms with Crippen LogP contribution in [0.15, 0.2) is 36.4 Å². The van der Waals surface area contributed by atoms with Gasteiger partial charge in [0, 0.05) is 83.4 Å². The van der Waals surface area contributed by atoms with Crippen LogP contribution in [0.2, 0.25) is 0 Å². The molecule has 4 heterocycles. The highest BCUT2D eigenvalue weighted by Gasteiger charge is 2.45. The molecule has 11 heteroatoms. The largest absolute Gasteiger partial charge is 0.507 e. The van der Waals surface area contributed by atoms with Gasteiger partial charge in [-0.25, -0.2) is 9.59 Å². The predicted molar refractivity (Wildman–Crippen MR) is 163 cm³/mol. The van der Waals surface area contributed by atoms with Crippen LogP contribution in [0.3, 0.4) is 0 Å². The van der Waals surface area contributed by atoms with Crippen molar-refractivity contribution in [3.8, 4) is 5.75 Å². The number of carbonyl (C=O) groups excluding carboxylic acids is 3. The molecule has 44 heavy (non-hydrogen) atoms. The van der Waals surface area contributed by atoms with Gasteiger partial charge in [0.05, 0.1) is 5.69 Å². The molecular formula is C33H42N4O7. The Morgan fingerprint density at radius 1 is 1.00 bits per heavy atom. The fourth-order valence-electron chi connectivity index (χ4n) is 7.09. The van der Waals surface area contributed by atoms with Crippen molar-refractivity contribution in [2.75, 3.05) is 57.8 Å². The molecule has 3 saturated heterocycles. The second kappa shape index (κ2) is 12.6. The highest BCUT2D eigenvalue weighted by molar-refractivity contribution is 5.89. The number of phenolic OH excluding ortho intramolecular Hbond substituents is 1. The van der Waals surface area contributed by atoms with Gasteiger partial charge >= 0.3 is 12.2 Å². The number of nitrogens with zero attached hydrogens (tertiary/aromatic N) is 3. The molecule has 6 rings (SSSR count). The van der Waals surface area contributed by atoms with E-state index >= 15 is 0 Å². The molecule has 1 spiro atoms. The van der Waals surface area contributed by atoms with Crippen molar-refractivity contribution in [3.05, 3.63) is 58.7 Å². The zero-order chi connectivity index (χ0) is 30.8. The Morgan fingerprint density at radius 3 is 2.34 bits per heavy atom. The summed E-state index contributed by atoms with van der Waals surface area (Å²) in [4.78, 5) is 45.7. The van der Waals surface area contributed by atoms with Gasteiger partial charge in [-0.1, -0.05) is 30.3 Å². The van der Waals surface area contributed by atoms with Gasteiger partial charge in [-0.3, -0.25) is 15.0 Å². The number of ether oxygens (including phenoxy) is 3. The van der Waals surface area contributed by atoms with E-state index in [0.717, 1.165) is 56.0 Å². The van der Waals surface area contributed by atoms with E-state index in [2.05, 4.69) is 10.2 Å². The molecule has 2 N–H and O–H groups in total. The minimum Gasteiger partial charge on any atom is -0.507 e. The summed E-state index contributed by atoms with van der Waals surface area (Å²) in [6.07, 6.45) is 1.01. The van der Waals surface area contributed by atoms with Crippen molar-refractivity contribution in [3.63, 3.8) is 0 Å². The highest BCUT2D eigenvalue weighted by Crippen LogP contribution is 2.43. The SMILES string of the molecule is Cc1cc(C[C@@H](OC(=O)N2CCC3(CC2)OC(=O)Nc2ccccc23)C(=O)N2CCN(C3CCOCC3)CC2)cc(C)c1O. The monoisotopic (exact) mass is 606 g/mol. The van der Waals surface area contributed by atoms with Gasteiger partial charge in [0.1, 0.15) is 11.4 Å². The molecule has 0 aromatic heterocycles. The summed E-state index contributed by atoms with van der Waals surface area (Å²) in [5.41, 5.74) is 3.05. The molecule has 4 aliphatic rings. The number of amides is 3. The van der Waals surface area contributed by atoms with E-state index in [4.69, 9.17) is 14.2 Å². The van der Waals surface area contributed by atoms with Crippen LogP contribution in [0.4, 0.5) is 15.3 Å². The summed E-state index contributed by atoms with van der Waals surface area (Å²) in [6.45, 7) is 8.53. The fraction of sp³-hybridized carbons (Fsp3) is 0.545. The summed E-state index contributed by atoms with van der Waals surface area (Å²) in [7, 11) is 0. The van der Waals surface area contributed by atoms with Gasteiger partial charge in [-0.05, 0) is 49.4 Å². The molecule has 0 bridgehead atoms. The van der Waals surface area contributed by atoms with E-state index in [0.29, 0.717) is 56.2 Å². The van der Waals surface area contributed by atoms with Gasteiger partial charge in [0.2, 0.25) is 0 Å². The van der Waals surface area contributed by atoms with Crippen LogP contribution in [0, 0.1) is 13.8 Å². The van der Waals surface area contributed by atoms with Crippen LogP contribution in [0.5, 0.6) is 5.75 Å². The third-order valence-corrected chi connectivity index (χ3v) is 9.60. The fourth-order valence-corrected chi connectivity index (χ4v) is 7.09. The number of benzene rings is 2. The predicted octanol–water partition coefficient (Wildman–Crippen LogP) is 3.93. The molecule has 0 unspecified atom stereocenters. The smallest absolute Gasteiger partial charge is 0.412 e. The van der Waals surface area contributed by atoms with E-state index in [1.807, 2.05) is 55.1 Å². The molecule has 4 aliphatic heterocycles. The minimum atomic E-state index is -1.01. The molecule has 2 aromatic carbocycles. The molecule has 236 valence electrons. The number of piperazine rings is 1. The minimum absolute atomic E-state index is 0.206. The lowest BCUT2D eigenvalue weighted by molar-refractivity contribution is -0.143. The number of nitrogens with one attached hydrogen (secondary N) is 1. The molecule has 0 saturated carbocycles. The molecule has 3 fully saturated rings. The van der Waals surface area contributed by atoms with Gasteiger partial charge in [-0.2, -0.15) is 0 Å². The van der Waals surface area contributed by atoms with Gasteiger partial charge in [0.25, 0.3) is 5.91 Å². The molecule has 0 radical (unpaired) electrons. The van der Waals surface area contributed by atoms with Gasteiger partial charge in [0.15, 0.2) is 6.10 Å². The quantitative estimate of drug-likeness (QED) is 0.526. The summed E-state index contributed by atoms with van der Waals surface area (Å²) in [5.74, 6) is 0.0170. The van der Waals surface area contributed by atoms with Crippen LogP contribution in [-0.2, 0) is 31.0 Å². The standard InChI is InChI=1S/C33H42N4O7/c1-22-19-24(20-23(2)29(22)38)21-28(30(39)36-15-13-35(14-16-36)25-7-17-42-18-8-25)43-32(41)37-11-9-33(10-12-37)26-5-3-4-6-27(26)34-31(40)44-33/h3-6,19-20,25,28,38H,7-18,21H2,1-2H3,(H,34,40)/t28-/m1/s1. The average Bonchev–Trinajstić information content (AvgIpc) is 3.03. The first-order chi connectivity index (χ1) is 21.2. The van der Waals surface area contributed by atoms with Crippen molar-refractivity contribution in [2.45, 2.75) is 63.7 Å². The van der Waals surface area contributed by atoms with E-state index in [-0.39, 0.29) is 18.1 Å². The molecule has 1 atom stereocenters. The maximum atomic E-state index is 13.9. The summed E-state index contributed by atoms with van der Waals surface area (Å²) < 4.78 is 17.3. The number of aryl methyl sites for hydroxylation is 2. The zero-order valence-electron chi connectivity index (χ0n) is 25.5. The molecule has 2 aromatic rings. The Hall–Kier alpha value is -3.83. The van der Waals surface area contributed by atoms with Crippen LogP contribution in [-0.4, -0.2) is 103 Å². The Balaban J connectivity index is 1.14. The van der Waals surface area contributed by atoms with Crippen LogP contribution in [0.25, 0.3) is 0 Å². The number of fused-ring (bicyclic) bond motifs is 2. The van der Waals surface area contributed by atoms with Crippen molar-refractivity contribution >= 4 is 23.8 Å². The normalized spacial score (nSPS) is 21.3. The van der Waals surface area contributed by atoms with Crippen molar-refractivity contribution in [2.24, 2.45) is 0 Å². The summed E-state index contributed by atoms with van der Waals surface area (Å²) in [5, 5.41) is 13.1. The topological polar surface area (TPSA) is 121 Å². The van der Waals surface area contributed by atoms with E-state index in [9.17, 15) is 19.5 Å². The molecule has 11 nitrogen and oxygen atoms in total. The zero-order valence-corrected chi connectivity index (χ0v) is 25.5. The Morgan fingerprint density at radius 2 is 1.66 bits per heavy atom. The Labute approximate surface area is 258 Å². The maximum Gasteiger partial charge on any atom is 0.412 e. The Bertz CT molecular complexity index is 1370. The number of phenols is 1. The first-order valence-electron chi connectivity index (χ1n) is 15.7. The first-order valence-corrected chi connectivity index (χ1v) is 15.7. The number of hydrogen-bond donors (Lipinski definition) is 2. The van der Waals surface area contributed by atoms with E-state index in [1.165, 1.54) is 0 Å². The number of likely N-dealkylation sites (tertiary alicyclic amines) is 1. The van der Waals surface area contributed by atoms with Gasteiger partial charge in [-0.15, -0.1) is 0 Å². The molecule has 0 aliphatic carbocycles. The number of para-hydroxylation sites is 1. The number of carbonyl (C=O) groups is 3. The van der Waals surface area contributed by atoms with E-state index < -0.39 is 23.9 Å². The lowest BCUT2D eigenvalue weighted by Gasteiger charge is -2.44. The number of anilines is 1. The third kappa shape index (κ3) is 6.21. The summed E-state index contributed by atoms with van der Waals surface area (Å²) >= 11 is 0. The number of hydrogen-bond acceptors (Lipinski definition) is 8. The highest BCUT2D eigenvalue weighted by atomic mass is 16.6. The molecular weight excluding hydrogens is 564 g/mol. The number of aromatic hydroxyl groups is 1. The Kier molecular flexibility index (Phi) is 8.68. The lowest BCUT2D eigenvalue weighted by Crippen LogP contribution is -2.56. The average molecular weight is 607 g/mol. The number of piperidine rings is 1. The molecule has 3 amide bonds.